The number of rotatable bonds is 5. The zero-order chi connectivity index (χ0) is 18.8. The fraction of sp³-hybridized carbons (Fsp3) is 0.0714. The van der Waals surface area contributed by atoms with Crippen molar-refractivity contribution in [2.24, 2.45) is 0 Å². The van der Waals surface area contributed by atoms with Gasteiger partial charge in [0.15, 0.2) is 23.0 Å². The van der Waals surface area contributed by atoms with Gasteiger partial charge in [-0.2, -0.15) is 0 Å². The first kappa shape index (κ1) is 20.4. The molecule has 0 radical (unpaired) electrons. The van der Waals surface area contributed by atoms with Crippen molar-refractivity contribution in [2.75, 3.05) is 16.3 Å². The zero-order valence-electron chi connectivity index (χ0n) is 12.4. The second kappa shape index (κ2) is 8.17. The van der Waals surface area contributed by atoms with E-state index in [1.807, 2.05) is 0 Å². The topological polar surface area (TPSA) is 84.5 Å². The lowest BCUT2D eigenvalue weighted by Gasteiger charge is -2.13. The Kier molecular flexibility index (Phi) is 6.66. The Morgan fingerprint density at radius 1 is 1.12 bits per heavy atom. The molecule has 0 fully saturated rings. The number of amides is 1. The fourth-order valence-electron chi connectivity index (χ4n) is 1.87. The normalized spacial score (nSPS) is 11.1. The van der Waals surface area contributed by atoms with E-state index >= 15 is 0 Å². The number of halogens is 4. The van der Waals surface area contributed by atoms with Crippen molar-refractivity contribution < 1.29 is 16.3 Å². The first-order valence-corrected chi connectivity index (χ1v) is 10.4. The Morgan fingerprint density at radius 2 is 1.72 bits per heavy atom. The molecule has 0 saturated carbocycles. The first-order valence-electron chi connectivity index (χ1n) is 6.47. The lowest BCUT2D eigenvalue weighted by atomic mass is 10.1. The van der Waals surface area contributed by atoms with Crippen molar-refractivity contribution in [1.82, 2.24) is 0 Å². The van der Waals surface area contributed by atoms with Crippen LogP contribution in [0.1, 0.15) is 10.4 Å². The summed E-state index contributed by atoms with van der Waals surface area (Å²) in [5, 5.41) is 3.09. The van der Waals surface area contributed by atoms with Crippen molar-refractivity contribution in [3.63, 3.8) is 0 Å². The van der Waals surface area contributed by atoms with Gasteiger partial charge in [0.25, 0.3) is 5.91 Å². The molecule has 6 nitrogen and oxygen atoms in total. The van der Waals surface area contributed by atoms with Gasteiger partial charge in [0.1, 0.15) is 5.75 Å². The van der Waals surface area contributed by atoms with Gasteiger partial charge in [0.05, 0.1) is 32.6 Å². The van der Waals surface area contributed by atoms with E-state index in [-0.39, 0.29) is 26.3 Å². The summed E-state index contributed by atoms with van der Waals surface area (Å²) in [7, 11) is -3.58. The van der Waals surface area contributed by atoms with Crippen LogP contribution in [0, 0.1) is 0 Å². The minimum absolute atomic E-state index is 0.0572. The molecule has 2 N–H and O–H groups in total. The standard InChI is InChI=1S/C14H10Cl3IN2O4S/c1-25(22,23)20-12-3-2-8(24-18)6-9(12)14(21)19-7-4-10(15)13(17)11(16)5-7/h2-6,20H,1H3,(H,19,21). The second-order valence-electron chi connectivity index (χ2n) is 4.87. The Morgan fingerprint density at radius 3 is 2.24 bits per heavy atom. The highest BCUT2D eigenvalue weighted by atomic mass is 127. The third kappa shape index (κ3) is 5.52. The molecule has 0 aliphatic rings. The van der Waals surface area contributed by atoms with Crippen LogP contribution in [0.25, 0.3) is 0 Å². The predicted octanol–water partition coefficient (Wildman–Crippen LogP) is 5.00. The highest BCUT2D eigenvalue weighted by Crippen LogP contribution is 2.33. The van der Waals surface area contributed by atoms with E-state index in [2.05, 4.69) is 10.0 Å². The molecule has 0 heterocycles. The van der Waals surface area contributed by atoms with Gasteiger partial charge >= 0.3 is 0 Å². The highest BCUT2D eigenvalue weighted by molar-refractivity contribution is 14.1. The van der Waals surface area contributed by atoms with Crippen LogP contribution >= 0.6 is 57.8 Å². The number of carbonyl (C=O) groups is 1. The summed E-state index contributed by atoms with van der Waals surface area (Å²) in [5.41, 5.74) is 0.459. The van der Waals surface area contributed by atoms with E-state index in [1.165, 1.54) is 30.3 Å². The van der Waals surface area contributed by atoms with Crippen molar-refractivity contribution >= 4 is 85.1 Å². The Balaban J connectivity index is 2.40. The largest absolute Gasteiger partial charge is 0.428 e. The molecular formula is C14H10Cl3IN2O4S. The Bertz CT molecular complexity index is 915. The number of sulfonamides is 1. The molecular weight excluding hydrogens is 525 g/mol. The maximum Gasteiger partial charge on any atom is 0.257 e. The quantitative estimate of drug-likeness (QED) is 0.417. The lowest BCUT2D eigenvalue weighted by Crippen LogP contribution is -2.17. The molecule has 0 unspecified atom stereocenters. The predicted molar refractivity (Wildman–Crippen MR) is 109 cm³/mol. The molecule has 0 saturated heterocycles. The van der Waals surface area contributed by atoms with Gasteiger partial charge in [-0.3, -0.25) is 9.52 Å². The Labute approximate surface area is 173 Å². The molecule has 2 rings (SSSR count). The second-order valence-corrected chi connectivity index (χ2v) is 8.25. The molecule has 25 heavy (non-hydrogen) atoms. The first-order chi connectivity index (χ1) is 11.6. The van der Waals surface area contributed by atoms with E-state index in [0.29, 0.717) is 11.4 Å². The maximum atomic E-state index is 12.6. The van der Waals surface area contributed by atoms with Gasteiger partial charge in [0.2, 0.25) is 10.0 Å². The third-order valence-electron chi connectivity index (χ3n) is 2.86. The van der Waals surface area contributed by atoms with Crippen LogP contribution in [-0.2, 0) is 10.0 Å². The monoisotopic (exact) mass is 534 g/mol. The maximum absolute atomic E-state index is 12.6. The van der Waals surface area contributed by atoms with E-state index in [9.17, 15) is 13.2 Å². The van der Waals surface area contributed by atoms with Crippen LogP contribution in [0.2, 0.25) is 15.1 Å². The van der Waals surface area contributed by atoms with Crippen LogP contribution in [-0.4, -0.2) is 20.6 Å². The minimum Gasteiger partial charge on any atom is -0.428 e. The van der Waals surface area contributed by atoms with Crippen LogP contribution in [0.5, 0.6) is 5.75 Å². The number of carbonyl (C=O) groups excluding carboxylic acids is 1. The van der Waals surface area contributed by atoms with E-state index < -0.39 is 15.9 Å². The van der Waals surface area contributed by atoms with Gasteiger partial charge in [-0.1, -0.05) is 34.8 Å². The molecule has 0 bridgehead atoms. The van der Waals surface area contributed by atoms with E-state index in [1.54, 1.807) is 23.0 Å². The molecule has 2 aromatic carbocycles. The lowest BCUT2D eigenvalue weighted by molar-refractivity contribution is 0.102. The van der Waals surface area contributed by atoms with Crippen LogP contribution in [0.3, 0.4) is 0 Å². The third-order valence-corrected chi connectivity index (χ3v) is 5.16. The number of benzene rings is 2. The molecule has 134 valence electrons. The number of anilines is 2. The van der Waals surface area contributed by atoms with Gasteiger partial charge in [-0.25, -0.2) is 8.42 Å². The number of hydrogen-bond donors (Lipinski definition) is 2. The van der Waals surface area contributed by atoms with Crippen molar-refractivity contribution in [1.29, 1.82) is 0 Å². The minimum atomic E-state index is -3.58. The fourth-order valence-corrected chi connectivity index (χ4v) is 3.32. The van der Waals surface area contributed by atoms with Gasteiger partial charge in [-0.15, -0.1) is 0 Å². The summed E-state index contributed by atoms with van der Waals surface area (Å²) in [5.74, 6) is -0.215. The molecule has 0 aromatic heterocycles. The summed E-state index contributed by atoms with van der Waals surface area (Å²) >= 11 is 19.4. The van der Waals surface area contributed by atoms with E-state index in [4.69, 9.17) is 37.9 Å². The molecule has 0 aliphatic heterocycles. The zero-order valence-corrected chi connectivity index (χ0v) is 17.7. The highest BCUT2D eigenvalue weighted by Gasteiger charge is 2.17. The van der Waals surface area contributed by atoms with Crippen molar-refractivity contribution in [3.8, 4) is 5.75 Å². The van der Waals surface area contributed by atoms with Crippen molar-refractivity contribution in [2.45, 2.75) is 0 Å². The molecule has 0 spiro atoms. The van der Waals surface area contributed by atoms with E-state index in [0.717, 1.165) is 6.26 Å². The van der Waals surface area contributed by atoms with Crippen LogP contribution < -0.4 is 13.1 Å². The van der Waals surface area contributed by atoms with Crippen molar-refractivity contribution in [3.05, 3.63) is 51.0 Å². The van der Waals surface area contributed by atoms with Crippen LogP contribution in [0.15, 0.2) is 30.3 Å². The van der Waals surface area contributed by atoms with Crippen LogP contribution in [0.4, 0.5) is 11.4 Å². The number of nitrogens with one attached hydrogen (secondary N) is 2. The molecule has 11 heteroatoms. The summed E-state index contributed by atoms with van der Waals surface area (Å²) in [6.07, 6.45) is 0.982. The van der Waals surface area contributed by atoms with Gasteiger partial charge in [0, 0.05) is 5.69 Å². The van der Waals surface area contributed by atoms with Gasteiger partial charge in [-0.05, 0) is 30.3 Å². The van der Waals surface area contributed by atoms with Gasteiger partial charge < -0.3 is 8.38 Å². The SMILES string of the molecule is CS(=O)(=O)Nc1ccc(OI)cc1C(=O)Nc1cc(Cl)c(Cl)c(Cl)c1. The summed E-state index contributed by atoms with van der Waals surface area (Å²) in [6, 6.07) is 7.19. The average Bonchev–Trinajstić information content (AvgIpc) is 2.51. The average molecular weight is 536 g/mol. The number of hydrogen-bond acceptors (Lipinski definition) is 4. The summed E-state index contributed by atoms with van der Waals surface area (Å²) in [4.78, 5) is 12.6. The molecule has 2 aromatic rings. The molecule has 1 amide bonds. The smallest absolute Gasteiger partial charge is 0.257 e. The Hall–Kier alpha value is -0.940. The molecule has 0 atom stereocenters. The molecule has 0 aliphatic carbocycles. The summed E-state index contributed by atoms with van der Waals surface area (Å²) in [6.45, 7) is 0. The summed E-state index contributed by atoms with van der Waals surface area (Å²) < 4.78 is 30.3.